The van der Waals surface area contributed by atoms with E-state index in [4.69, 9.17) is 11.6 Å². The monoisotopic (exact) mass is 306 g/mol. The van der Waals surface area contributed by atoms with E-state index in [0.717, 1.165) is 35.1 Å². The molecule has 0 saturated heterocycles. The van der Waals surface area contributed by atoms with Crippen molar-refractivity contribution in [3.63, 3.8) is 0 Å². The summed E-state index contributed by atoms with van der Waals surface area (Å²) in [5, 5.41) is 9.03. The summed E-state index contributed by atoms with van der Waals surface area (Å²) in [6.45, 7) is 1.44. The third-order valence-corrected chi connectivity index (χ3v) is 3.92. The van der Waals surface area contributed by atoms with E-state index in [1.165, 1.54) is 6.07 Å². The predicted molar refractivity (Wildman–Crippen MR) is 81.9 cm³/mol. The van der Waals surface area contributed by atoms with Crippen molar-refractivity contribution in [2.24, 2.45) is 7.05 Å². The zero-order chi connectivity index (χ0) is 14.8. The summed E-state index contributed by atoms with van der Waals surface area (Å²) in [6.07, 6.45) is 4.39. The normalized spacial score (nSPS) is 11.4. The van der Waals surface area contributed by atoms with Crippen LogP contribution in [-0.2, 0) is 20.0 Å². The maximum atomic E-state index is 13.3. The highest BCUT2D eigenvalue weighted by Gasteiger charge is 2.07. The van der Waals surface area contributed by atoms with Gasteiger partial charge in [-0.05, 0) is 36.7 Å². The molecule has 0 amide bonds. The van der Waals surface area contributed by atoms with E-state index in [1.807, 2.05) is 13.2 Å². The second kappa shape index (κ2) is 5.87. The molecule has 0 aliphatic heterocycles. The molecule has 3 aromatic rings. The van der Waals surface area contributed by atoms with Crippen LogP contribution in [0.4, 0.5) is 4.39 Å². The molecule has 0 aliphatic rings. The molecule has 21 heavy (non-hydrogen) atoms. The van der Waals surface area contributed by atoms with Crippen LogP contribution >= 0.6 is 11.6 Å². The molecule has 1 aromatic carbocycles. The van der Waals surface area contributed by atoms with E-state index in [1.54, 1.807) is 23.0 Å². The quantitative estimate of drug-likeness (QED) is 0.712. The lowest BCUT2D eigenvalue weighted by Gasteiger charge is -2.05. The number of aryl methyl sites for hydroxylation is 1. The van der Waals surface area contributed by atoms with Crippen LogP contribution in [0, 0.1) is 5.82 Å². The molecule has 4 nitrogen and oxygen atoms in total. The highest BCUT2D eigenvalue weighted by Crippen LogP contribution is 2.19. The van der Waals surface area contributed by atoms with E-state index < -0.39 is 0 Å². The number of halogens is 2. The number of benzene rings is 1. The van der Waals surface area contributed by atoms with Gasteiger partial charge in [-0.25, -0.2) is 4.39 Å². The molecule has 0 radical (unpaired) electrons. The number of aromatic nitrogens is 3. The van der Waals surface area contributed by atoms with E-state index >= 15 is 0 Å². The third-order valence-electron chi connectivity index (χ3n) is 3.60. The smallest absolute Gasteiger partial charge is 0.123 e. The van der Waals surface area contributed by atoms with Crippen LogP contribution in [0.2, 0.25) is 5.02 Å². The molecule has 0 fully saturated rings. The van der Waals surface area contributed by atoms with E-state index in [2.05, 4.69) is 15.4 Å². The number of rotatable bonds is 5. The first-order chi connectivity index (χ1) is 10.1. The van der Waals surface area contributed by atoms with Crippen LogP contribution in [0.1, 0.15) is 11.3 Å². The highest BCUT2D eigenvalue weighted by molar-refractivity contribution is 6.31. The molecule has 3 rings (SSSR count). The third kappa shape index (κ3) is 2.94. The van der Waals surface area contributed by atoms with E-state index in [0.29, 0.717) is 11.6 Å². The minimum Gasteiger partial charge on any atom is -0.361 e. The Balaban J connectivity index is 1.61. The van der Waals surface area contributed by atoms with E-state index in [9.17, 15) is 4.39 Å². The van der Waals surface area contributed by atoms with Crippen LogP contribution < -0.4 is 5.32 Å². The summed E-state index contributed by atoms with van der Waals surface area (Å²) in [5.74, 6) is -0.210. The molecule has 0 aliphatic carbocycles. The lowest BCUT2D eigenvalue weighted by molar-refractivity contribution is 0.625. The molecule has 0 atom stereocenters. The first kappa shape index (κ1) is 14.1. The van der Waals surface area contributed by atoms with Crippen molar-refractivity contribution < 1.29 is 4.39 Å². The Morgan fingerprint density at radius 3 is 3.05 bits per heavy atom. The molecule has 0 spiro atoms. The fraction of sp³-hybridized carbons (Fsp3) is 0.267. The van der Waals surface area contributed by atoms with Gasteiger partial charge >= 0.3 is 0 Å². The summed E-state index contributed by atoms with van der Waals surface area (Å²) in [6, 6.07) is 4.79. The van der Waals surface area contributed by atoms with Gasteiger partial charge in [-0.1, -0.05) is 11.6 Å². The van der Waals surface area contributed by atoms with Gasteiger partial charge in [0.1, 0.15) is 5.82 Å². The molecule has 2 N–H and O–H groups in total. The minimum atomic E-state index is -0.210. The van der Waals surface area contributed by atoms with Gasteiger partial charge in [0.05, 0.1) is 16.9 Å². The van der Waals surface area contributed by atoms with Crippen molar-refractivity contribution in [3.8, 4) is 0 Å². The van der Waals surface area contributed by atoms with Crippen LogP contribution in [0.25, 0.3) is 10.9 Å². The fourth-order valence-electron chi connectivity index (χ4n) is 2.42. The van der Waals surface area contributed by atoms with Crippen molar-refractivity contribution in [2.45, 2.75) is 13.0 Å². The average Bonchev–Trinajstić information content (AvgIpc) is 3.00. The van der Waals surface area contributed by atoms with Crippen molar-refractivity contribution in [3.05, 3.63) is 52.7 Å². The average molecular weight is 307 g/mol. The topological polar surface area (TPSA) is 45.6 Å². The summed E-state index contributed by atoms with van der Waals surface area (Å²) in [4.78, 5) is 3.16. The Labute approximate surface area is 126 Å². The Morgan fingerprint density at radius 1 is 1.43 bits per heavy atom. The van der Waals surface area contributed by atoms with Gasteiger partial charge in [0.2, 0.25) is 0 Å². The zero-order valence-corrected chi connectivity index (χ0v) is 12.4. The van der Waals surface area contributed by atoms with Gasteiger partial charge in [-0.3, -0.25) is 4.68 Å². The predicted octanol–water partition coefficient (Wildman–Crippen LogP) is 3.03. The summed E-state index contributed by atoms with van der Waals surface area (Å²) < 4.78 is 15.1. The molecule has 6 heteroatoms. The highest BCUT2D eigenvalue weighted by atomic mass is 35.5. The maximum Gasteiger partial charge on any atom is 0.123 e. The summed E-state index contributed by atoms with van der Waals surface area (Å²) >= 11 is 6.05. The second-order valence-corrected chi connectivity index (χ2v) is 5.40. The van der Waals surface area contributed by atoms with Crippen LogP contribution in [-0.4, -0.2) is 21.3 Å². The number of hydrogen-bond donors (Lipinski definition) is 2. The lowest BCUT2D eigenvalue weighted by atomic mass is 10.1. The number of H-pyrrole nitrogens is 1. The summed E-state index contributed by atoms with van der Waals surface area (Å²) in [7, 11) is 1.87. The number of aromatic amines is 1. The first-order valence-electron chi connectivity index (χ1n) is 6.78. The fourth-order valence-corrected chi connectivity index (χ4v) is 2.66. The van der Waals surface area contributed by atoms with Crippen LogP contribution in [0.15, 0.2) is 30.6 Å². The Hall–Kier alpha value is -1.85. The molecule has 0 unspecified atom stereocenters. The van der Waals surface area contributed by atoms with Crippen molar-refractivity contribution >= 4 is 22.5 Å². The molecular formula is C15H16ClFN4. The van der Waals surface area contributed by atoms with Gasteiger partial charge in [0.25, 0.3) is 0 Å². The number of nitrogens with one attached hydrogen (secondary N) is 2. The van der Waals surface area contributed by atoms with Gasteiger partial charge in [0, 0.05) is 30.7 Å². The van der Waals surface area contributed by atoms with Crippen molar-refractivity contribution in [2.75, 3.05) is 6.54 Å². The van der Waals surface area contributed by atoms with Gasteiger partial charge in [-0.2, -0.15) is 5.10 Å². The molecule has 110 valence electrons. The Kier molecular flexibility index (Phi) is 3.94. The summed E-state index contributed by atoms with van der Waals surface area (Å²) in [5.41, 5.74) is 3.02. The number of nitrogens with zero attached hydrogens (tertiary/aromatic N) is 2. The Bertz CT molecular complexity index is 743. The van der Waals surface area contributed by atoms with Gasteiger partial charge in [-0.15, -0.1) is 0 Å². The standard InChI is InChI=1S/C15H16ClFN4/c1-21-15(13(16)8-20-21)9-18-5-4-10-7-19-14-3-2-11(17)6-12(10)14/h2-3,6-8,18-19H,4-5,9H2,1H3. The zero-order valence-electron chi connectivity index (χ0n) is 11.7. The van der Waals surface area contributed by atoms with Crippen LogP contribution in [0.3, 0.4) is 0 Å². The van der Waals surface area contributed by atoms with Gasteiger partial charge < -0.3 is 10.3 Å². The molecule has 0 bridgehead atoms. The van der Waals surface area contributed by atoms with Crippen molar-refractivity contribution in [1.82, 2.24) is 20.1 Å². The maximum absolute atomic E-state index is 13.3. The molecule has 2 heterocycles. The number of fused-ring (bicyclic) bond motifs is 1. The molecular weight excluding hydrogens is 291 g/mol. The largest absolute Gasteiger partial charge is 0.361 e. The van der Waals surface area contributed by atoms with E-state index in [-0.39, 0.29) is 5.82 Å². The SMILES string of the molecule is Cn1ncc(Cl)c1CNCCc1c[nH]c2ccc(F)cc12. The lowest BCUT2D eigenvalue weighted by Crippen LogP contribution is -2.18. The molecule has 2 aromatic heterocycles. The Morgan fingerprint density at radius 2 is 2.29 bits per heavy atom. The second-order valence-electron chi connectivity index (χ2n) is 4.99. The van der Waals surface area contributed by atoms with Gasteiger partial charge in [0.15, 0.2) is 0 Å². The first-order valence-corrected chi connectivity index (χ1v) is 7.15. The molecule has 0 saturated carbocycles. The van der Waals surface area contributed by atoms with Crippen molar-refractivity contribution in [1.29, 1.82) is 0 Å². The number of hydrogen-bond acceptors (Lipinski definition) is 2. The minimum absolute atomic E-state index is 0.210. The van der Waals surface area contributed by atoms with Crippen LogP contribution in [0.5, 0.6) is 0 Å².